The van der Waals surface area contributed by atoms with Gasteiger partial charge in [-0.25, -0.2) is 0 Å². The molecule has 1 aromatic rings. The number of hydrogen-bond donors (Lipinski definition) is 3. The molecule has 1 aromatic carbocycles. The Morgan fingerprint density at radius 3 is 2.33 bits per heavy atom. The molecule has 0 aliphatic heterocycles. The van der Waals surface area contributed by atoms with Crippen molar-refractivity contribution in [1.29, 1.82) is 0 Å². The van der Waals surface area contributed by atoms with Gasteiger partial charge < -0.3 is 16.0 Å². The fourth-order valence-electron chi connectivity index (χ4n) is 1.62. The van der Waals surface area contributed by atoms with E-state index in [1.807, 2.05) is 19.9 Å². The van der Waals surface area contributed by atoms with Crippen LogP contribution in [0, 0.1) is 6.92 Å². The minimum Gasteiger partial charge on any atom is -0.355 e. The Morgan fingerprint density at radius 1 is 1.00 bits per heavy atom. The molecule has 114 valence electrons. The Kier molecular flexibility index (Phi) is 6.94. The molecule has 0 bridgehead atoms. The number of hydrogen-bond acceptors (Lipinski definition) is 3. The molecule has 0 heterocycles. The van der Waals surface area contributed by atoms with Gasteiger partial charge in [0.25, 0.3) is 5.91 Å². The van der Waals surface area contributed by atoms with Crippen molar-refractivity contribution < 1.29 is 14.4 Å². The molecule has 1 rings (SSSR count). The summed E-state index contributed by atoms with van der Waals surface area (Å²) in [5.41, 5.74) is 1.48. The molecular formula is C15H21N3O3. The van der Waals surface area contributed by atoms with Crippen molar-refractivity contribution in [2.45, 2.75) is 20.3 Å². The predicted molar refractivity (Wildman–Crippen MR) is 79.8 cm³/mol. The third-order valence-electron chi connectivity index (χ3n) is 2.71. The van der Waals surface area contributed by atoms with Gasteiger partial charge in [-0.2, -0.15) is 0 Å². The van der Waals surface area contributed by atoms with Crippen molar-refractivity contribution >= 4 is 17.7 Å². The first kappa shape index (κ1) is 16.7. The van der Waals surface area contributed by atoms with Gasteiger partial charge in [-0.05, 0) is 25.5 Å². The maximum Gasteiger partial charge on any atom is 0.251 e. The number of carbonyl (C=O) groups is 3. The van der Waals surface area contributed by atoms with Crippen molar-refractivity contribution in [3.05, 3.63) is 35.4 Å². The van der Waals surface area contributed by atoms with Gasteiger partial charge in [0.1, 0.15) is 0 Å². The summed E-state index contributed by atoms with van der Waals surface area (Å²) in [5, 5.41) is 7.60. The van der Waals surface area contributed by atoms with Gasteiger partial charge in [-0.3, -0.25) is 14.4 Å². The van der Waals surface area contributed by atoms with Crippen molar-refractivity contribution in [2.24, 2.45) is 0 Å². The lowest BCUT2D eigenvalue weighted by molar-refractivity contribution is -0.125. The van der Waals surface area contributed by atoms with Gasteiger partial charge >= 0.3 is 0 Å². The number of carbonyl (C=O) groups excluding carboxylic acids is 3. The van der Waals surface area contributed by atoms with Gasteiger partial charge in [0.15, 0.2) is 0 Å². The first-order chi connectivity index (χ1) is 10.0. The summed E-state index contributed by atoms with van der Waals surface area (Å²) in [6, 6.07) is 7.09. The van der Waals surface area contributed by atoms with Gasteiger partial charge in [-0.15, -0.1) is 0 Å². The Bertz CT molecular complexity index is 515. The van der Waals surface area contributed by atoms with Crippen LogP contribution in [-0.4, -0.2) is 37.4 Å². The van der Waals surface area contributed by atoms with Crippen LogP contribution in [0.25, 0.3) is 0 Å². The van der Waals surface area contributed by atoms with E-state index in [-0.39, 0.29) is 24.9 Å². The van der Waals surface area contributed by atoms with Crippen LogP contribution in [0.1, 0.15) is 29.3 Å². The van der Waals surface area contributed by atoms with Gasteiger partial charge in [0.05, 0.1) is 13.1 Å². The summed E-state index contributed by atoms with van der Waals surface area (Å²) in [5.74, 6) is -0.956. The molecule has 0 fully saturated rings. The van der Waals surface area contributed by atoms with Crippen LogP contribution in [0.4, 0.5) is 0 Å². The summed E-state index contributed by atoms with van der Waals surface area (Å²) < 4.78 is 0. The fourth-order valence-corrected chi connectivity index (χ4v) is 1.62. The molecule has 0 spiro atoms. The second kappa shape index (κ2) is 8.73. The maximum atomic E-state index is 11.8. The summed E-state index contributed by atoms with van der Waals surface area (Å²) in [6.07, 6.45) is 0.840. The highest BCUT2D eigenvalue weighted by Crippen LogP contribution is 2.03. The zero-order chi connectivity index (χ0) is 15.7. The summed E-state index contributed by atoms with van der Waals surface area (Å²) >= 11 is 0. The van der Waals surface area contributed by atoms with Crippen molar-refractivity contribution in [3.8, 4) is 0 Å². The number of nitrogens with one attached hydrogen (secondary N) is 3. The summed E-state index contributed by atoms with van der Waals surface area (Å²) in [4.78, 5) is 34.6. The van der Waals surface area contributed by atoms with Crippen LogP contribution >= 0.6 is 0 Å². The molecule has 6 nitrogen and oxygen atoms in total. The minimum absolute atomic E-state index is 0.0842. The molecule has 0 unspecified atom stereocenters. The Labute approximate surface area is 124 Å². The third-order valence-corrected chi connectivity index (χ3v) is 2.71. The first-order valence-electron chi connectivity index (χ1n) is 6.91. The van der Waals surface area contributed by atoms with E-state index in [0.717, 1.165) is 12.0 Å². The average Bonchev–Trinajstić information content (AvgIpc) is 2.48. The average molecular weight is 291 g/mol. The molecular weight excluding hydrogens is 270 g/mol. The molecule has 0 atom stereocenters. The van der Waals surface area contributed by atoms with Crippen molar-refractivity contribution in [2.75, 3.05) is 19.6 Å². The quantitative estimate of drug-likeness (QED) is 0.678. The van der Waals surface area contributed by atoms with Crippen molar-refractivity contribution in [1.82, 2.24) is 16.0 Å². The van der Waals surface area contributed by atoms with Gasteiger partial charge in [0, 0.05) is 12.1 Å². The molecule has 0 aromatic heterocycles. The Balaban J connectivity index is 2.30. The van der Waals surface area contributed by atoms with Gasteiger partial charge in [-0.1, -0.05) is 24.6 Å². The standard InChI is InChI=1S/C15H21N3O3/c1-3-7-16-13(19)9-17-14(20)10-18-15(21)12-6-4-5-11(2)8-12/h4-6,8H,3,7,9-10H2,1-2H3,(H,16,19)(H,17,20)(H,18,21). The Morgan fingerprint density at radius 2 is 1.67 bits per heavy atom. The number of amides is 3. The van der Waals surface area contributed by atoms with E-state index < -0.39 is 5.91 Å². The van der Waals surface area contributed by atoms with E-state index in [9.17, 15) is 14.4 Å². The van der Waals surface area contributed by atoms with E-state index in [4.69, 9.17) is 0 Å². The van der Waals surface area contributed by atoms with E-state index in [1.54, 1.807) is 18.2 Å². The molecule has 0 saturated carbocycles. The molecule has 0 aliphatic rings. The largest absolute Gasteiger partial charge is 0.355 e. The molecule has 0 saturated heterocycles. The molecule has 0 aliphatic carbocycles. The highest BCUT2D eigenvalue weighted by atomic mass is 16.2. The molecule has 21 heavy (non-hydrogen) atoms. The van der Waals surface area contributed by atoms with Crippen LogP contribution in [0.2, 0.25) is 0 Å². The highest BCUT2D eigenvalue weighted by Gasteiger charge is 2.09. The van der Waals surface area contributed by atoms with Crippen LogP contribution in [-0.2, 0) is 9.59 Å². The SMILES string of the molecule is CCCNC(=O)CNC(=O)CNC(=O)c1cccc(C)c1. The molecule has 0 radical (unpaired) electrons. The number of benzene rings is 1. The lowest BCUT2D eigenvalue weighted by atomic mass is 10.1. The summed E-state index contributed by atoms with van der Waals surface area (Å²) in [6.45, 7) is 4.17. The normalized spacial score (nSPS) is 9.81. The van der Waals surface area contributed by atoms with E-state index in [1.165, 1.54) is 0 Å². The van der Waals surface area contributed by atoms with E-state index in [0.29, 0.717) is 12.1 Å². The second-order valence-electron chi connectivity index (χ2n) is 4.68. The third kappa shape index (κ3) is 6.56. The number of aryl methyl sites for hydroxylation is 1. The maximum absolute atomic E-state index is 11.8. The summed E-state index contributed by atoms with van der Waals surface area (Å²) in [7, 11) is 0. The molecule has 3 amide bonds. The molecule has 3 N–H and O–H groups in total. The fraction of sp³-hybridized carbons (Fsp3) is 0.400. The van der Waals surface area contributed by atoms with Gasteiger partial charge in [0.2, 0.25) is 11.8 Å². The van der Waals surface area contributed by atoms with Crippen LogP contribution < -0.4 is 16.0 Å². The minimum atomic E-state index is -0.400. The molecule has 6 heteroatoms. The van der Waals surface area contributed by atoms with E-state index in [2.05, 4.69) is 16.0 Å². The topological polar surface area (TPSA) is 87.3 Å². The van der Waals surface area contributed by atoms with E-state index >= 15 is 0 Å². The lowest BCUT2D eigenvalue weighted by Crippen LogP contribution is -2.42. The van der Waals surface area contributed by atoms with Crippen LogP contribution in [0.5, 0.6) is 0 Å². The van der Waals surface area contributed by atoms with Crippen LogP contribution in [0.3, 0.4) is 0 Å². The van der Waals surface area contributed by atoms with Crippen molar-refractivity contribution in [3.63, 3.8) is 0 Å². The van der Waals surface area contributed by atoms with Crippen LogP contribution in [0.15, 0.2) is 24.3 Å². The smallest absolute Gasteiger partial charge is 0.251 e. The monoisotopic (exact) mass is 291 g/mol. The lowest BCUT2D eigenvalue weighted by Gasteiger charge is -2.07. The Hall–Kier alpha value is -2.37. The number of rotatable bonds is 7. The highest BCUT2D eigenvalue weighted by molar-refractivity contribution is 5.96. The predicted octanol–water partition coefficient (Wildman–Crippen LogP) is 0.367. The zero-order valence-corrected chi connectivity index (χ0v) is 12.4. The zero-order valence-electron chi connectivity index (χ0n) is 12.4. The second-order valence-corrected chi connectivity index (χ2v) is 4.68. The first-order valence-corrected chi connectivity index (χ1v) is 6.91.